The fourth-order valence-electron chi connectivity index (χ4n) is 4.64. The fraction of sp³-hybridized carbons (Fsp3) is 0.632. The second-order valence-corrected chi connectivity index (χ2v) is 7.27. The predicted octanol–water partition coefficient (Wildman–Crippen LogP) is 3.14. The van der Waals surface area contributed by atoms with E-state index in [1.54, 1.807) is 0 Å². The Bertz CT molecular complexity index is 557. The molecule has 2 fully saturated rings. The van der Waals surface area contributed by atoms with E-state index in [1.165, 1.54) is 17.5 Å². The Labute approximate surface area is 132 Å². The SMILES string of the molecule is O=C([C@@H]1CCc2ccccc21)N1CCCC2(CCOCC2)C1. The van der Waals surface area contributed by atoms with Gasteiger partial charge in [0.25, 0.3) is 0 Å². The van der Waals surface area contributed by atoms with E-state index in [4.69, 9.17) is 4.74 Å². The Morgan fingerprint density at radius 2 is 2.00 bits per heavy atom. The minimum absolute atomic E-state index is 0.103. The van der Waals surface area contributed by atoms with Gasteiger partial charge in [-0.25, -0.2) is 0 Å². The van der Waals surface area contributed by atoms with E-state index in [-0.39, 0.29) is 5.92 Å². The summed E-state index contributed by atoms with van der Waals surface area (Å²) >= 11 is 0. The van der Waals surface area contributed by atoms with Crippen molar-refractivity contribution in [2.75, 3.05) is 26.3 Å². The highest BCUT2D eigenvalue weighted by molar-refractivity contribution is 5.85. The first-order valence-electron chi connectivity index (χ1n) is 8.72. The lowest BCUT2D eigenvalue weighted by atomic mass is 9.73. The van der Waals surface area contributed by atoms with E-state index < -0.39 is 0 Å². The lowest BCUT2D eigenvalue weighted by Crippen LogP contribution is -2.49. The molecule has 2 saturated heterocycles. The van der Waals surface area contributed by atoms with Gasteiger partial charge in [-0.1, -0.05) is 24.3 Å². The number of hydrogen-bond donors (Lipinski definition) is 0. The van der Waals surface area contributed by atoms with Gasteiger partial charge < -0.3 is 9.64 Å². The molecule has 0 aromatic heterocycles. The van der Waals surface area contributed by atoms with E-state index in [2.05, 4.69) is 29.2 Å². The molecule has 2 aliphatic heterocycles. The normalized spacial score (nSPS) is 26.9. The number of amides is 1. The summed E-state index contributed by atoms with van der Waals surface area (Å²) < 4.78 is 5.54. The number of carbonyl (C=O) groups excluding carboxylic acids is 1. The zero-order valence-corrected chi connectivity index (χ0v) is 13.2. The third kappa shape index (κ3) is 2.45. The van der Waals surface area contributed by atoms with Gasteiger partial charge in [-0.2, -0.15) is 0 Å². The molecular weight excluding hydrogens is 274 g/mol. The molecule has 3 heteroatoms. The average Bonchev–Trinajstić information content (AvgIpc) is 2.99. The number of benzene rings is 1. The van der Waals surface area contributed by atoms with Crippen LogP contribution in [0.4, 0.5) is 0 Å². The highest BCUT2D eigenvalue weighted by Gasteiger charge is 2.40. The van der Waals surface area contributed by atoms with Crippen molar-refractivity contribution in [3.05, 3.63) is 35.4 Å². The number of aryl methyl sites for hydroxylation is 1. The molecule has 1 spiro atoms. The molecule has 22 heavy (non-hydrogen) atoms. The molecule has 118 valence electrons. The van der Waals surface area contributed by atoms with Crippen LogP contribution in [-0.2, 0) is 16.0 Å². The van der Waals surface area contributed by atoms with Crippen molar-refractivity contribution >= 4 is 5.91 Å². The molecule has 1 aliphatic carbocycles. The molecule has 0 N–H and O–H groups in total. The number of rotatable bonds is 1. The molecule has 3 aliphatic rings. The van der Waals surface area contributed by atoms with Crippen molar-refractivity contribution in [3.63, 3.8) is 0 Å². The molecule has 1 aromatic rings. The van der Waals surface area contributed by atoms with Crippen molar-refractivity contribution in [2.24, 2.45) is 5.41 Å². The first-order chi connectivity index (χ1) is 10.8. The van der Waals surface area contributed by atoms with Crippen molar-refractivity contribution in [1.29, 1.82) is 0 Å². The minimum Gasteiger partial charge on any atom is -0.381 e. The zero-order valence-electron chi connectivity index (χ0n) is 13.2. The topological polar surface area (TPSA) is 29.5 Å². The van der Waals surface area contributed by atoms with Crippen LogP contribution < -0.4 is 0 Å². The van der Waals surface area contributed by atoms with E-state index in [0.29, 0.717) is 11.3 Å². The van der Waals surface area contributed by atoms with Crippen LogP contribution in [0.5, 0.6) is 0 Å². The molecule has 3 nitrogen and oxygen atoms in total. The number of piperidine rings is 1. The van der Waals surface area contributed by atoms with E-state index in [1.807, 2.05) is 0 Å². The van der Waals surface area contributed by atoms with Crippen LogP contribution in [0.2, 0.25) is 0 Å². The summed E-state index contributed by atoms with van der Waals surface area (Å²) in [5.74, 6) is 0.474. The second-order valence-electron chi connectivity index (χ2n) is 7.27. The number of ether oxygens (including phenoxy) is 1. The number of carbonyl (C=O) groups is 1. The summed E-state index contributed by atoms with van der Waals surface area (Å²) in [6.07, 6.45) is 6.71. The Balaban J connectivity index is 1.51. The molecular formula is C19H25NO2. The van der Waals surface area contributed by atoms with Crippen LogP contribution in [0, 0.1) is 5.41 Å². The summed E-state index contributed by atoms with van der Waals surface area (Å²) in [4.78, 5) is 15.3. The average molecular weight is 299 g/mol. The third-order valence-corrected chi connectivity index (χ3v) is 5.96. The highest BCUT2D eigenvalue weighted by atomic mass is 16.5. The fourth-order valence-corrected chi connectivity index (χ4v) is 4.64. The van der Waals surface area contributed by atoms with Crippen LogP contribution in [0.3, 0.4) is 0 Å². The van der Waals surface area contributed by atoms with Gasteiger partial charge >= 0.3 is 0 Å². The quantitative estimate of drug-likeness (QED) is 0.797. The van der Waals surface area contributed by atoms with Gasteiger partial charge in [0.05, 0.1) is 5.92 Å². The van der Waals surface area contributed by atoms with Gasteiger partial charge in [0.2, 0.25) is 5.91 Å². The zero-order chi connectivity index (χ0) is 15.0. The first-order valence-corrected chi connectivity index (χ1v) is 8.72. The minimum atomic E-state index is 0.103. The summed E-state index contributed by atoms with van der Waals surface area (Å²) in [5, 5.41) is 0. The molecule has 0 unspecified atom stereocenters. The number of hydrogen-bond acceptors (Lipinski definition) is 2. The molecule has 0 bridgehead atoms. The Kier molecular flexibility index (Phi) is 3.69. The standard InChI is InChI=1S/C19H25NO2/c21-18(17-7-6-15-4-1-2-5-16(15)17)20-11-3-8-19(14-20)9-12-22-13-10-19/h1-2,4-5,17H,3,6-14H2/t17-/m1/s1. The van der Waals surface area contributed by atoms with Crippen molar-refractivity contribution in [2.45, 2.75) is 44.4 Å². The van der Waals surface area contributed by atoms with Gasteiger partial charge in [0, 0.05) is 26.3 Å². The smallest absolute Gasteiger partial charge is 0.230 e. The highest BCUT2D eigenvalue weighted by Crippen LogP contribution is 2.41. The molecule has 0 saturated carbocycles. The van der Waals surface area contributed by atoms with Gasteiger partial charge in [-0.15, -0.1) is 0 Å². The first kappa shape index (κ1) is 14.3. The lowest BCUT2D eigenvalue weighted by molar-refractivity contribution is -0.138. The van der Waals surface area contributed by atoms with Gasteiger partial charge in [-0.3, -0.25) is 4.79 Å². The Hall–Kier alpha value is -1.35. The third-order valence-electron chi connectivity index (χ3n) is 5.96. The summed E-state index contributed by atoms with van der Waals surface area (Å²) in [6, 6.07) is 8.49. The van der Waals surface area contributed by atoms with E-state index >= 15 is 0 Å². The van der Waals surface area contributed by atoms with Crippen LogP contribution >= 0.6 is 0 Å². The Morgan fingerprint density at radius 3 is 2.86 bits per heavy atom. The van der Waals surface area contributed by atoms with Gasteiger partial charge in [0.15, 0.2) is 0 Å². The van der Waals surface area contributed by atoms with E-state index in [0.717, 1.165) is 58.4 Å². The lowest BCUT2D eigenvalue weighted by Gasteiger charge is -2.45. The van der Waals surface area contributed by atoms with Crippen molar-refractivity contribution in [3.8, 4) is 0 Å². The predicted molar refractivity (Wildman–Crippen MR) is 85.8 cm³/mol. The summed E-state index contributed by atoms with van der Waals surface area (Å²) in [7, 11) is 0. The summed E-state index contributed by atoms with van der Waals surface area (Å²) in [5.41, 5.74) is 2.99. The largest absolute Gasteiger partial charge is 0.381 e. The molecule has 1 amide bonds. The molecule has 4 rings (SSSR count). The maximum atomic E-state index is 13.1. The molecule has 0 radical (unpaired) electrons. The van der Waals surface area contributed by atoms with Crippen LogP contribution in [0.25, 0.3) is 0 Å². The summed E-state index contributed by atoms with van der Waals surface area (Å²) in [6.45, 7) is 3.64. The number of nitrogens with zero attached hydrogens (tertiary/aromatic N) is 1. The molecule has 1 aromatic carbocycles. The molecule has 1 atom stereocenters. The van der Waals surface area contributed by atoms with E-state index in [9.17, 15) is 4.79 Å². The number of likely N-dealkylation sites (tertiary alicyclic amines) is 1. The maximum Gasteiger partial charge on any atom is 0.230 e. The van der Waals surface area contributed by atoms with Crippen LogP contribution in [0.15, 0.2) is 24.3 Å². The van der Waals surface area contributed by atoms with Gasteiger partial charge in [-0.05, 0) is 55.1 Å². The Morgan fingerprint density at radius 1 is 1.18 bits per heavy atom. The van der Waals surface area contributed by atoms with Gasteiger partial charge in [0.1, 0.15) is 0 Å². The van der Waals surface area contributed by atoms with Crippen LogP contribution in [-0.4, -0.2) is 37.1 Å². The maximum absolute atomic E-state index is 13.1. The second kappa shape index (κ2) is 5.69. The number of fused-ring (bicyclic) bond motifs is 1. The van der Waals surface area contributed by atoms with Crippen molar-refractivity contribution < 1.29 is 9.53 Å². The van der Waals surface area contributed by atoms with Crippen LogP contribution in [0.1, 0.15) is 49.1 Å². The van der Waals surface area contributed by atoms with Crippen molar-refractivity contribution in [1.82, 2.24) is 4.90 Å². The molecule has 2 heterocycles. The monoisotopic (exact) mass is 299 g/mol.